The van der Waals surface area contributed by atoms with Crippen LogP contribution >= 0.6 is 0 Å². The average Bonchev–Trinajstić information content (AvgIpc) is 2.52. The Balaban J connectivity index is 2.33. The standard InChI is InChI=1S/C15H22N2O4/c1-3-12(10-18)17-15(20)14(19)16-9-8-11-4-6-13(21-2)7-5-11/h4-7,12,18H,3,8-10H2,1-2H3,(H,16,19)(H,17,20)/t12-/m0/s1. The van der Waals surface area contributed by atoms with Crippen LogP contribution in [0, 0.1) is 0 Å². The molecule has 0 unspecified atom stereocenters. The van der Waals surface area contributed by atoms with E-state index in [1.165, 1.54) is 0 Å². The first kappa shape index (κ1) is 17.0. The van der Waals surface area contributed by atoms with E-state index in [4.69, 9.17) is 9.84 Å². The minimum Gasteiger partial charge on any atom is -0.497 e. The summed E-state index contributed by atoms with van der Waals surface area (Å²) in [6.07, 6.45) is 1.20. The van der Waals surface area contributed by atoms with Gasteiger partial charge in [0.15, 0.2) is 0 Å². The van der Waals surface area contributed by atoms with Crippen molar-refractivity contribution in [1.82, 2.24) is 10.6 Å². The number of hydrogen-bond acceptors (Lipinski definition) is 4. The lowest BCUT2D eigenvalue weighted by molar-refractivity contribution is -0.139. The molecule has 2 amide bonds. The van der Waals surface area contributed by atoms with Crippen LogP contribution in [0.15, 0.2) is 24.3 Å². The summed E-state index contributed by atoms with van der Waals surface area (Å²) < 4.78 is 5.06. The number of rotatable bonds is 7. The van der Waals surface area contributed by atoms with Crippen LogP contribution in [-0.4, -0.2) is 43.2 Å². The summed E-state index contributed by atoms with van der Waals surface area (Å²) >= 11 is 0. The van der Waals surface area contributed by atoms with Gasteiger partial charge < -0.3 is 20.5 Å². The van der Waals surface area contributed by atoms with Gasteiger partial charge in [0.25, 0.3) is 0 Å². The third-order valence-electron chi connectivity index (χ3n) is 3.11. The van der Waals surface area contributed by atoms with Gasteiger partial charge in [-0.15, -0.1) is 0 Å². The molecule has 1 rings (SSSR count). The average molecular weight is 294 g/mol. The third kappa shape index (κ3) is 5.83. The predicted octanol–water partition coefficient (Wildman–Crippen LogP) is 0.241. The Bertz CT molecular complexity index is 455. The van der Waals surface area contributed by atoms with E-state index in [1.807, 2.05) is 31.2 Å². The van der Waals surface area contributed by atoms with Crippen LogP contribution in [0.4, 0.5) is 0 Å². The molecule has 116 valence electrons. The zero-order chi connectivity index (χ0) is 15.7. The van der Waals surface area contributed by atoms with Crippen LogP contribution < -0.4 is 15.4 Å². The van der Waals surface area contributed by atoms with E-state index < -0.39 is 11.8 Å². The molecule has 1 aromatic rings. The van der Waals surface area contributed by atoms with Gasteiger partial charge in [-0.3, -0.25) is 9.59 Å². The van der Waals surface area contributed by atoms with Gasteiger partial charge in [-0.25, -0.2) is 0 Å². The minimum absolute atomic E-state index is 0.179. The van der Waals surface area contributed by atoms with E-state index in [-0.39, 0.29) is 12.6 Å². The first-order valence-corrected chi connectivity index (χ1v) is 6.93. The molecule has 0 aliphatic carbocycles. The van der Waals surface area contributed by atoms with Gasteiger partial charge in [0.2, 0.25) is 0 Å². The Labute approximate surface area is 124 Å². The van der Waals surface area contributed by atoms with Crippen molar-refractivity contribution in [2.75, 3.05) is 20.3 Å². The van der Waals surface area contributed by atoms with Crippen LogP contribution in [0.3, 0.4) is 0 Å². The Morgan fingerprint density at radius 3 is 2.43 bits per heavy atom. The highest BCUT2D eigenvalue weighted by molar-refractivity contribution is 6.35. The number of hydrogen-bond donors (Lipinski definition) is 3. The van der Waals surface area contributed by atoms with Gasteiger partial charge >= 0.3 is 11.8 Å². The fourth-order valence-corrected chi connectivity index (χ4v) is 1.72. The lowest BCUT2D eigenvalue weighted by Crippen LogP contribution is -2.46. The molecule has 6 heteroatoms. The second kappa shape index (κ2) is 8.97. The summed E-state index contributed by atoms with van der Waals surface area (Å²) in [5, 5.41) is 14.0. The number of carbonyl (C=O) groups is 2. The van der Waals surface area contributed by atoms with Gasteiger partial charge in [-0.2, -0.15) is 0 Å². The number of ether oxygens (including phenoxy) is 1. The quantitative estimate of drug-likeness (QED) is 0.629. The van der Waals surface area contributed by atoms with Crippen LogP contribution in [0.1, 0.15) is 18.9 Å². The van der Waals surface area contributed by atoms with Gasteiger partial charge in [0.1, 0.15) is 5.75 Å². The first-order chi connectivity index (χ1) is 10.1. The highest BCUT2D eigenvalue weighted by Crippen LogP contribution is 2.11. The smallest absolute Gasteiger partial charge is 0.309 e. The van der Waals surface area contributed by atoms with Gasteiger partial charge in [-0.05, 0) is 30.5 Å². The van der Waals surface area contributed by atoms with Crippen molar-refractivity contribution in [3.63, 3.8) is 0 Å². The Morgan fingerprint density at radius 2 is 1.90 bits per heavy atom. The molecule has 1 atom stereocenters. The molecule has 0 aliphatic rings. The number of benzene rings is 1. The van der Waals surface area contributed by atoms with E-state index in [0.29, 0.717) is 19.4 Å². The van der Waals surface area contributed by atoms with Gasteiger partial charge in [0.05, 0.1) is 19.8 Å². The predicted molar refractivity (Wildman–Crippen MR) is 79.0 cm³/mol. The number of aliphatic hydroxyl groups excluding tert-OH is 1. The molecule has 1 aromatic carbocycles. The summed E-state index contributed by atoms with van der Waals surface area (Å²) in [5.74, 6) is -0.627. The van der Waals surface area contributed by atoms with Crippen LogP contribution in [-0.2, 0) is 16.0 Å². The van der Waals surface area contributed by atoms with Crippen molar-refractivity contribution in [1.29, 1.82) is 0 Å². The Hall–Kier alpha value is -2.08. The SMILES string of the molecule is CC[C@@H](CO)NC(=O)C(=O)NCCc1ccc(OC)cc1. The summed E-state index contributed by atoms with van der Waals surface area (Å²) in [7, 11) is 1.60. The summed E-state index contributed by atoms with van der Waals surface area (Å²) in [6, 6.07) is 7.12. The van der Waals surface area contributed by atoms with Crippen molar-refractivity contribution < 1.29 is 19.4 Å². The molecule has 6 nitrogen and oxygen atoms in total. The second-order valence-corrected chi connectivity index (χ2v) is 4.62. The zero-order valence-corrected chi connectivity index (χ0v) is 12.4. The second-order valence-electron chi connectivity index (χ2n) is 4.62. The van der Waals surface area contributed by atoms with E-state index in [2.05, 4.69) is 10.6 Å². The fourth-order valence-electron chi connectivity index (χ4n) is 1.72. The lowest BCUT2D eigenvalue weighted by atomic mass is 10.1. The number of carbonyl (C=O) groups excluding carboxylic acids is 2. The first-order valence-electron chi connectivity index (χ1n) is 6.93. The molecule has 3 N–H and O–H groups in total. The monoisotopic (exact) mass is 294 g/mol. The highest BCUT2D eigenvalue weighted by atomic mass is 16.5. The number of methoxy groups -OCH3 is 1. The highest BCUT2D eigenvalue weighted by Gasteiger charge is 2.16. The largest absolute Gasteiger partial charge is 0.497 e. The van der Waals surface area contributed by atoms with Crippen molar-refractivity contribution in [2.45, 2.75) is 25.8 Å². The van der Waals surface area contributed by atoms with Crippen molar-refractivity contribution >= 4 is 11.8 Å². The molecular weight excluding hydrogens is 272 g/mol. The normalized spacial score (nSPS) is 11.6. The van der Waals surface area contributed by atoms with Crippen molar-refractivity contribution in [3.8, 4) is 5.75 Å². The van der Waals surface area contributed by atoms with E-state index in [9.17, 15) is 9.59 Å². The Morgan fingerprint density at radius 1 is 1.24 bits per heavy atom. The molecule has 0 saturated carbocycles. The molecule has 0 heterocycles. The third-order valence-corrected chi connectivity index (χ3v) is 3.11. The zero-order valence-electron chi connectivity index (χ0n) is 12.4. The fraction of sp³-hybridized carbons (Fsp3) is 0.467. The lowest BCUT2D eigenvalue weighted by Gasteiger charge is -2.13. The van der Waals surface area contributed by atoms with Gasteiger partial charge in [0, 0.05) is 6.54 Å². The summed E-state index contributed by atoms with van der Waals surface area (Å²) in [4.78, 5) is 23.1. The number of amides is 2. The summed E-state index contributed by atoms with van der Waals surface area (Å²) in [6.45, 7) is 2.01. The number of nitrogens with one attached hydrogen (secondary N) is 2. The van der Waals surface area contributed by atoms with Crippen molar-refractivity contribution in [3.05, 3.63) is 29.8 Å². The molecule has 0 aromatic heterocycles. The molecule has 0 spiro atoms. The molecule has 0 saturated heterocycles. The van der Waals surface area contributed by atoms with E-state index in [1.54, 1.807) is 7.11 Å². The topological polar surface area (TPSA) is 87.7 Å². The molecule has 21 heavy (non-hydrogen) atoms. The molecular formula is C15H22N2O4. The van der Waals surface area contributed by atoms with Crippen LogP contribution in [0.5, 0.6) is 5.75 Å². The van der Waals surface area contributed by atoms with Crippen molar-refractivity contribution in [2.24, 2.45) is 0 Å². The maximum absolute atomic E-state index is 11.6. The number of aliphatic hydroxyl groups is 1. The molecule has 0 aliphatic heterocycles. The molecule has 0 fully saturated rings. The van der Waals surface area contributed by atoms with E-state index in [0.717, 1.165) is 11.3 Å². The molecule has 0 bridgehead atoms. The maximum Gasteiger partial charge on any atom is 0.309 e. The maximum atomic E-state index is 11.6. The van der Waals surface area contributed by atoms with Crippen LogP contribution in [0.25, 0.3) is 0 Å². The van der Waals surface area contributed by atoms with Crippen LogP contribution in [0.2, 0.25) is 0 Å². The van der Waals surface area contributed by atoms with Gasteiger partial charge in [-0.1, -0.05) is 19.1 Å². The Kier molecular flexibility index (Phi) is 7.25. The van der Waals surface area contributed by atoms with E-state index >= 15 is 0 Å². The summed E-state index contributed by atoms with van der Waals surface area (Å²) in [5.41, 5.74) is 1.04. The minimum atomic E-state index is -0.717. The molecule has 0 radical (unpaired) electrons.